The van der Waals surface area contributed by atoms with Crippen molar-refractivity contribution in [1.29, 1.82) is 0 Å². The molecule has 3 nitrogen and oxygen atoms in total. The normalized spacial score (nSPS) is 32.1. The molecule has 0 spiro atoms. The largest absolute Gasteiger partial charge is 0.396 e. The lowest BCUT2D eigenvalue weighted by atomic mass is 9.73. The molecule has 2 aliphatic rings. The monoisotopic (exact) mass is 255 g/mol. The Morgan fingerprint density at radius 2 is 2.56 bits per heavy atom. The first kappa shape index (κ1) is 11.9. The summed E-state index contributed by atoms with van der Waals surface area (Å²) in [4.78, 5) is 14.8. The molecule has 0 saturated carbocycles. The second kappa shape index (κ2) is 4.34. The van der Waals surface area contributed by atoms with Gasteiger partial charge in [0.05, 0.1) is 22.2 Å². The van der Waals surface area contributed by atoms with Gasteiger partial charge in [0.1, 0.15) is 0 Å². The zero-order chi connectivity index (χ0) is 11.8. The second-order valence-electron chi connectivity index (χ2n) is 4.05. The predicted octanol–water partition coefficient (Wildman–Crippen LogP) is 1.33. The van der Waals surface area contributed by atoms with E-state index in [4.69, 9.17) is 17.3 Å². The van der Waals surface area contributed by atoms with Crippen LogP contribution < -0.4 is 0 Å². The highest BCUT2D eigenvalue weighted by atomic mass is 32.2. The molecule has 16 heavy (non-hydrogen) atoms. The van der Waals surface area contributed by atoms with E-state index < -0.39 is 5.41 Å². The van der Waals surface area contributed by atoms with E-state index in [0.29, 0.717) is 19.4 Å². The second-order valence-corrected chi connectivity index (χ2v) is 5.43. The van der Waals surface area contributed by atoms with E-state index in [9.17, 15) is 4.79 Å². The first-order valence-corrected chi connectivity index (χ1v) is 6.42. The van der Waals surface area contributed by atoms with Gasteiger partial charge >= 0.3 is 0 Å². The molecule has 0 aromatic carbocycles. The van der Waals surface area contributed by atoms with Crippen LogP contribution >= 0.6 is 24.0 Å². The van der Waals surface area contributed by atoms with E-state index in [1.54, 1.807) is 22.7 Å². The molecule has 2 saturated heterocycles. The van der Waals surface area contributed by atoms with Crippen LogP contribution in [-0.4, -0.2) is 39.5 Å². The van der Waals surface area contributed by atoms with Gasteiger partial charge in [-0.1, -0.05) is 17.8 Å². The molecule has 1 amide bonds. The zero-order valence-corrected chi connectivity index (χ0v) is 10.4. The van der Waals surface area contributed by atoms with Crippen LogP contribution in [0.25, 0.3) is 0 Å². The minimum atomic E-state index is -0.463. The number of allylic oxidation sites excluding steroid dienone is 1. The molecule has 0 unspecified atom stereocenters. The van der Waals surface area contributed by atoms with Crippen LogP contribution in [0.2, 0.25) is 0 Å². The zero-order valence-electron chi connectivity index (χ0n) is 8.81. The molecule has 1 N–H and O–H groups in total. The fraction of sp³-hybridized carbons (Fsp3) is 0.545. The smallest absolute Gasteiger partial charge is 0.233 e. The number of aliphatic hydroxyl groups is 1. The molecule has 2 heterocycles. The van der Waals surface area contributed by atoms with Crippen LogP contribution in [0.5, 0.6) is 0 Å². The van der Waals surface area contributed by atoms with Gasteiger partial charge in [-0.25, -0.2) is 0 Å². The summed E-state index contributed by atoms with van der Waals surface area (Å²) in [5.74, 6) is 0.110. The number of carbonyl (C=O) groups is 1. The Kier molecular flexibility index (Phi) is 3.22. The molecule has 0 radical (unpaired) electrons. The highest BCUT2D eigenvalue weighted by Gasteiger charge is 2.62. The SMILES string of the molecule is C=CC[C@]1(CCO)C(=O)N2CC(=C=S)S[C@@H]21. The Hall–Kier alpha value is -0.610. The van der Waals surface area contributed by atoms with Crippen molar-refractivity contribution in [2.24, 2.45) is 5.41 Å². The molecule has 0 aromatic rings. The van der Waals surface area contributed by atoms with Crippen molar-refractivity contribution >= 4 is 34.9 Å². The number of thioether (sulfide) groups is 1. The number of carbonyl (C=O) groups excluding carboxylic acids is 1. The Bertz CT molecular complexity index is 389. The summed E-state index contributed by atoms with van der Waals surface area (Å²) in [7, 11) is 0. The summed E-state index contributed by atoms with van der Waals surface area (Å²) < 4.78 is 0. The lowest BCUT2D eigenvalue weighted by molar-refractivity contribution is -0.163. The van der Waals surface area contributed by atoms with Crippen LogP contribution in [0.1, 0.15) is 12.8 Å². The number of fused-ring (bicyclic) bond motifs is 1. The van der Waals surface area contributed by atoms with Crippen molar-refractivity contribution in [2.45, 2.75) is 18.2 Å². The molecule has 0 bridgehead atoms. The highest BCUT2D eigenvalue weighted by molar-refractivity contribution is 8.04. The summed E-state index contributed by atoms with van der Waals surface area (Å²) >= 11 is 6.37. The fourth-order valence-corrected chi connectivity index (χ4v) is 4.00. The van der Waals surface area contributed by atoms with E-state index in [0.717, 1.165) is 4.91 Å². The molecular formula is C11H13NO2S2. The first-order valence-electron chi connectivity index (χ1n) is 5.13. The average molecular weight is 255 g/mol. The molecule has 0 aliphatic carbocycles. The van der Waals surface area contributed by atoms with E-state index in [1.165, 1.54) is 0 Å². The van der Waals surface area contributed by atoms with Crippen LogP contribution in [0, 0.1) is 5.41 Å². The Morgan fingerprint density at radius 1 is 1.81 bits per heavy atom. The number of aliphatic hydroxyl groups excluding tert-OH is 1. The van der Waals surface area contributed by atoms with Crippen LogP contribution in [0.3, 0.4) is 0 Å². The number of β-lactam (4-membered cyclic amide) rings is 1. The standard InChI is InChI=1S/C11H13NO2S2/c1-2-3-11(4-5-13)9(14)12-6-8(7-15)16-10(11)12/h2,10,13H,1,3-6H2/t10-,11+/m1/s1. The molecule has 5 heteroatoms. The van der Waals surface area contributed by atoms with Gasteiger partial charge in [0, 0.05) is 6.61 Å². The maximum atomic E-state index is 12.1. The van der Waals surface area contributed by atoms with Crippen LogP contribution in [-0.2, 0) is 4.79 Å². The van der Waals surface area contributed by atoms with Gasteiger partial charge in [0.2, 0.25) is 5.91 Å². The number of hydrogen-bond acceptors (Lipinski definition) is 4. The third kappa shape index (κ3) is 1.47. The first-order chi connectivity index (χ1) is 7.69. The molecule has 86 valence electrons. The van der Waals surface area contributed by atoms with Crippen molar-refractivity contribution in [1.82, 2.24) is 4.90 Å². The summed E-state index contributed by atoms with van der Waals surface area (Å²) in [6.45, 7) is 4.31. The average Bonchev–Trinajstić information content (AvgIpc) is 2.69. The fourth-order valence-electron chi connectivity index (χ4n) is 2.42. The maximum absolute atomic E-state index is 12.1. The summed E-state index contributed by atoms with van der Waals surface area (Å²) in [5.41, 5.74) is -0.463. The third-order valence-electron chi connectivity index (χ3n) is 3.19. The lowest BCUT2D eigenvalue weighted by Crippen LogP contribution is -2.65. The number of thiocarbonyl (C=S) groups is 1. The quantitative estimate of drug-likeness (QED) is 0.467. The van der Waals surface area contributed by atoms with Crippen molar-refractivity contribution in [3.05, 3.63) is 17.6 Å². The van der Waals surface area contributed by atoms with Crippen LogP contribution in [0.15, 0.2) is 17.6 Å². The Morgan fingerprint density at radius 3 is 3.12 bits per heavy atom. The Balaban J connectivity index is 2.25. The predicted molar refractivity (Wildman–Crippen MR) is 68.2 cm³/mol. The Labute approximate surface area is 104 Å². The minimum Gasteiger partial charge on any atom is -0.396 e. The minimum absolute atomic E-state index is 0.0289. The van der Waals surface area contributed by atoms with E-state index in [1.807, 2.05) is 0 Å². The number of amides is 1. The summed E-state index contributed by atoms with van der Waals surface area (Å²) in [6, 6.07) is 0. The molecule has 2 fully saturated rings. The molecule has 0 aromatic heterocycles. The van der Waals surface area contributed by atoms with Gasteiger partial charge in [-0.15, -0.1) is 6.58 Å². The van der Waals surface area contributed by atoms with E-state index in [2.05, 4.69) is 11.6 Å². The number of nitrogens with zero attached hydrogens (tertiary/aromatic N) is 1. The molecule has 2 rings (SSSR count). The van der Waals surface area contributed by atoms with Crippen molar-refractivity contribution in [2.75, 3.05) is 13.2 Å². The number of hydrogen-bond donors (Lipinski definition) is 1. The molecule has 2 aliphatic heterocycles. The van der Waals surface area contributed by atoms with Gasteiger partial charge in [0.15, 0.2) is 0 Å². The van der Waals surface area contributed by atoms with Crippen molar-refractivity contribution in [3.63, 3.8) is 0 Å². The molecule has 2 atom stereocenters. The summed E-state index contributed by atoms with van der Waals surface area (Å²) in [5, 5.41) is 11.9. The van der Waals surface area contributed by atoms with Crippen molar-refractivity contribution < 1.29 is 9.90 Å². The highest BCUT2D eigenvalue weighted by Crippen LogP contribution is 2.56. The van der Waals surface area contributed by atoms with Crippen molar-refractivity contribution in [3.8, 4) is 0 Å². The lowest BCUT2D eigenvalue weighted by Gasteiger charge is -2.51. The molecular weight excluding hydrogens is 242 g/mol. The van der Waals surface area contributed by atoms with E-state index in [-0.39, 0.29) is 17.9 Å². The van der Waals surface area contributed by atoms with E-state index >= 15 is 0 Å². The maximum Gasteiger partial charge on any atom is 0.233 e. The van der Waals surface area contributed by atoms with Gasteiger partial charge in [-0.2, -0.15) is 0 Å². The van der Waals surface area contributed by atoms with Crippen LogP contribution in [0.4, 0.5) is 0 Å². The third-order valence-corrected chi connectivity index (χ3v) is 5.01. The van der Waals surface area contributed by atoms with Gasteiger partial charge in [-0.3, -0.25) is 4.79 Å². The van der Waals surface area contributed by atoms with Gasteiger partial charge < -0.3 is 10.0 Å². The summed E-state index contributed by atoms with van der Waals surface area (Å²) in [6.07, 6.45) is 2.87. The topological polar surface area (TPSA) is 40.5 Å². The van der Waals surface area contributed by atoms with Gasteiger partial charge in [0.25, 0.3) is 0 Å². The van der Waals surface area contributed by atoms with Gasteiger partial charge in [-0.05, 0) is 30.1 Å². The number of rotatable bonds is 4.